The number of aryl methyl sites for hydroxylation is 1. The van der Waals surface area contributed by atoms with Crippen molar-refractivity contribution >= 4 is 17.6 Å². The summed E-state index contributed by atoms with van der Waals surface area (Å²) in [4.78, 5) is 24.0. The summed E-state index contributed by atoms with van der Waals surface area (Å²) in [6, 6.07) is 4.51. The van der Waals surface area contributed by atoms with Gasteiger partial charge in [-0.15, -0.1) is 5.10 Å². The van der Waals surface area contributed by atoms with E-state index in [1.165, 1.54) is 11.0 Å². The molecule has 3 rings (SSSR count). The highest BCUT2D eigenvalue weighted by Gasteiger charge is 2.22. The number of nitrogens with zero attached hydrogens (tertiary/aromatic N) is 4. The van der Waals surface area contributed by atoms with Crippen molar-refractivity contribution < 1.29 is 9.59 Å². The molecule has 1 aliphatic heterocycles. The number of carbonyl (C=O) groups is 2. The average molecular weight is 329 g/mol. The first-order valence-electron chi connectivity index (χ1n) is 7.83. The smallest absolute Gasteiger partial charge is 0.319 e. The van der Waals surface area contributed by atoms with Gasteiger partial charge in [0.15, 0.2) is 0 Å². The summed E-state index contributed by atoms with van der Waals surface area (Å²) in [5.74, 6) is -0.138. The summed E-state index contributed by atoms with van der Waals surface area (Å²) in [6.07, 6.45) is 3.96. The van der Waals surface area contributed by atoms with Gasteiger partial charge >= 0.3 is 6.03 Å². The highest BCUT2D eigenvalue weighted by atomic mass is 16.2. The van der Waals surface area contributed by atoms with Gasteiger partial charge < -0.3 is 16.0 Å². The standard InChI is InChI=1S/C15H19N7O2/c1-10-5-6-11(8-13(10)22-9-17-20-21-22)18-15(24)19-12-4-2-3-7-16-14(12)23/h5-6,8-9,12H,2-4,7H2,1H3,(H,16,23)(H2,18,19,24). The van der Waals surface area contributed by atoms with Crippen LogP contribution in [-0.2, 0) is 4.79 Å². The van der Waals surface area contributed by atoms with Crippen molar-refractivity contribution in [2.75, 3.05) is 11.9 Å². The van der Waals surface area contributed by atoms with Crippen molar-refractivity contribution in [2.24, 2.45) is 0 Å². The van der Waals surface area contributed by atoms with Crippen LogP contribution in [0.2, 0.25) is 0 Å². The van der Waals surface area contributed by atoms with Crippen LogP contribution >= 0.6 is 0 Å². The molecule has 1 atom stereocenters. The number of hydrogen-bond donors (Lipinski definition) is 3. The van der Waals surface area contributed by atoms with E-state index in [0.29, 0.717) is 18.7 Å². The molecule has 1 fully saturated rings. The SMILES string of the molecule is Cc1ccc(NC(=O)NC2CCCCNC2=O)cc1-n1cnnn1. The van der Waals surface area contributed by atoms with Crippen LogP contribution in [0.25, 0.3) is 5.69 Å². The number of anilines is 1. The summed E-state index contributed by atoms with van der Waals surface area (Å²) in [5.41, 5.74) is 2.33. The molecule has 0 bridgehead atoms. The molecule has 0 spiro atoms. The Morgan fingerprint density at radius 2 is 2.25 bits per heavy atom. The number of urea groups is 1. The topological polar surface area (TPSA) is 114 Å². The number of hydrogen-bond acceptors (Lipinski definition) is 5. The van der Waals surface area contributed by atoms with Crippen molar-refractivity contribution in [3.8, 4) is 5.69 Å². The van der Waals surface area contributed by atoms with Gasteiger partial charge in [-0.1, -0.05) is 6.07 Å². The average Bonchev–Trinajstić information content (AvgIpc) is 3.02. The molecule has 1 aliphatic rings. The first-order valence-corrected chi connectivity index (χ1v) is 7.83. The molecule has 1 unspecified atom stereocenters. The molecule has 0 radical (unpaired) electrons. The lowest BCUT2D eigenvalue weighted by Gasteiger charge is -2.16. The van der Waals surface area contributed by atoms with Gasteiger partial charge in [0.1, 0.15) is 12.4 Å². The molecule has 0 saturated carbocycles. The number of nitrogens with one attached hydrogen (secondary N) is 3. The second-order valence-corrected chi connectivity index (χ2v) is 5.69. The van der Waals surface area contributed by atoms with Crippen LogP contribution in [0.4, 0.5) is 10.5 Å². The van der Waals surface area contributed by atoms with E-state index in [1.807, 2.05) is 13.0 Å². The summed E-state index contributed by atoms with van der Waals surface area (Å²) in [7, 11) is 0. The van der Waals surface area contributed by atoms with Crippen LogP contribution < -0.4 is 16.0 Å². The third-order valence-electron chi connectivity index (χ3n) is 3.90. The lowest BCUT2D eigenvalue weighted by molar-refractivity contribution is -0.122. The zero-order valence-electron chi connectivity index (χ0n) is 13.3. The number of aromatic nitrogens is 4. The van der Waals surface area contributed by atoms with E-state index in [1.54, 1.807) is 12.1 Å². The molecule has 9 heteroatoms. The highest BCUT2D eigenvalue weighted by molar-refractivity contribution is 5.94. The van der Waals surface area contributed by atoms with E-state index in [4.69, 9.17) is 0 Å². The number of carbonyl (C=O) groups excluding carboxylic acids is 2. The van der Waals surface area contributed by atoms with Gasteiger partial charge in [0.2, 0.25) is 5.91 Å². The van der Waals surface area contributed by atoms with Crippen LogP contribution in [0.1, 0.15) is 24.8 Å². The van der Waals surface area contributed by atoms with E-state index in [9.17, 15) is 9.59 Å². The van der Waals surface area contributed by atoms with Crippen LogP contribution in [0.3, 0.4) is 0 Å². The van der Waals surface area contributed by atoms with Crippen molar-refractivity contribution in [3.63, 3.8) is 0 Å². The minimum atomic E-state index is -0.503. The second kappa shape index (κ2) is 7.07. The predicted molar refractivity (Wildman–Crippen MR) is 86.7 cm³/mol. The Kier molecular flexibility index (Phi) is 4.69. The maximum Gasteiger partial charge on any atom is 0.319 e. The largest absolute Gasteiger partial charge is 0.354 e. The van der Waals surface area contributed by atoms with Gasteiger partial charge in [0, 0.05) is 12.2 Å². The van der Waals surface area contributed by atoms with E-state index in [-0.39, 0.29) is 5.91 Å². The number of tetrazole rings is 1. The zero-order valence-corrected chi connectivity index (χ0v) is 13.3. The Hall–Kier alpha value is -2.97. The van der Waals surface area contributed by atoms with Crippen LogP contribution in [0, 0.1) is 6.92 Å². The predicted octanol–water partition coefficient (Wildman–Crippen LogP) is 0.761. The minimum absolute atomic E-state index is 0.138. The summed E-state index contributed by atoms with van der Waals surface area (Å²) >= 11 is 0. The number of rotatable bonds is 3. The normalized spacial score (nSPS) is 17.7. The molecule has 2 heterocycles. The Labute approximate surface area is 138 Å². The molecule has 1 aromatic heterocycles. The number of amides is 3. The molecule has 1 aromatic carbocycles. The van der Waals surface area contributed by atoms with Crippen molar-refractivity contribution in [1.29, 1.82) is 0 Å². The van der Waals surface area contributed by atoms with Crippen molar-refractivity contribution in [2.45, 2.75) is 32.2 Å². The van der Waals surface area contributed by atoms with Gasteiger partial charge in [-0.25, -0.2) is 9.48 Å². The lowest BCUT2D eigenvalue weighted by Crippen LogP contribution is -2.47. The fourth-order valence-electron chi connectivity index (χ4n) is 2.61. The molecule has 1 saturated heterocycles. The van der Waals surface area contributed by atoms with Gasteiger partial charge in [0.25, 0.3) is 0 Å². The zero-order chi connectivity index (χ0) is 16.9. The van der Waals surface area contributed by atoms with Crippen LogP contribution in [-0.4, -0.2) is 44.7 Å². The minimum Gasteiger partial charge on any atom is -0.354 e. The molecule has 126 valence electrons. The van der Waals surface area contributed by atoms with Crippen LogP contribution in [0.5, 0.6) is 0 Å². The summed E-state index contributed by atoms with van der Waals surface area (Å²) < 4.78 is 1.52. The Morgan fingerprint density at radius 1 is 1.38 bits per heavy atom. The molecule has 3 N–H and O–H groups in total. The Morgan fingerprint density at radius 3 is 3.04 bits per heavy atom. The molecular weight excluding hydrogens is 310 g/mol. The summed E-state index contributed by atoms with van der Waals surface area (Å²) in [5, 5.41) is 19.3. The fraction of sp³-hybridized carbons (Fsp3) is 0.400. The first kappa shape index (κ1) is 15.9. The third-order valence-corrected chi connectivity index (χ3v) is 3.90. The molecule has 0 aliphatic carbocycles. The van der Waals surface area contributed by atoms with E-state index in [0.717, 1.165) is 24.1 Å². The monoisotopic (exact) mass is 329 g/mol. The van der Waals surface area contributed by atoms with Crippen LogP contribution in [0.15, 0.2) is 24.5 Å². The van der Waals surface area contributed by atoms with Crippen molar-refractivity contribution in [3.05, 3.63) is 30.1 Å². The molecular formula is C15H19N7O2. The second-order valence-electron chi connectivity index (χ2n) is 5.69. The van der Waals surface area contributed by atoms with Crippen molar-refractivity contribution in [1.82, 2.24) is 30.8 Å². The first-order chi connectivity index (χ1) is 11.6. The number of benzene rings is 1. The molecule has 2 aromatic rings. The fourth-order valence-corrected chi connectivity index (χ4v) is 2.61. The van der Waals surface area contributed by atoms with E-state index < -0.39 is 12.1 Å². The van der Waals surface area contributed by atoms with Gasteiger partial charge in [-0.2, -0.15) is 0 Å². The Balaban J connectivity index is 1.68. The maximum atomic E-state index is 12.2. The molecule has 9 nitrogen and oxygen atoms in total. The van der Waals surface area contributed by atoms with E-state index >= 15 is 0 Å². The van der Waals surface area contributed by atoms with Gasteiger partial charge in [-0.05, 0) is 54.3 Å². The summed E-state index contributed by atoms with van der Waals surface area (Å²) in [6.45, 7) is 2.59. The maximum absolute atomic E-state index is 12.2. The molecule has 24 heavy (non-hydrogen) atoms. The Bertz CT molecular complexity index is 729. The lowest BCUT2D eigenvalue weighted by atomic mass is 10.1. The third kappa shape index (κ3) is 3.67. The highest BCUT2D eigenvalue weighted by Crippen LogP contribution is 2.18. The van der Waals surface area contributed by atoms with Gasteiger partial charge in [0.05, 0.1) is 5.69 Å². The quantitative estimate of drug-likeness (QED) is 0.769. The van der Waals surface area contributed by atoms with Gasteiger partial charge in [-0.3, -0.25) is 4.79 Å². The van der Waals surface area contributed by atoms with E-state index in [2.05, 4.69) is 31.5 Å². The molecule has 3 amide bonds.